The van der Waals surface area contributed by atoms with Crippen molar-refractivity contribution in [3.05, 3.63) is 27.7 Å². The highest BCUT2D eigenvalue weighted by molar-refractivity contribution is 9.10. The third kappa shape index (κ3) is 5.20. The van der Waals surface area contributed by atoms with Crippen molar-refractivity contribution in [3.63, 3.8) is 0 Å². The van der Waals surface area contributed by atoms with E-state index in [1.165, 1.54) is 0 Å². The van der Waals surface area contributed by atoms with Gasteiger partial charge in [0.25, 0.3) is 0 Å². The van der Waals surface area contributed by atoms with E-state index in [9.17, 15) is 9.90 Å². The van der Waals surface area contributed by atoms with Crippen LogP contribution in [0.25, 0.3) is 0 Å². The van der Waals surface area contributed by atoms with Crippen LogP contribution < -0.4 is 10.6 Å². The maximum absolute atomic E-state index is 11.8. The molecule has 0 aliphatic rings. The normalized spacial score (nSPS) is 12.1. The summed E-state index contributed by atoms with van der Waals surface area (Å²) in [6.07, 6.45) is 1.11. The number of carbonyl (C=O) groups excluding carboxylic acids is 1. The van der Waals surface area contributed by atoms with Crippen LogP contribution in [0.3, 0.4) is 0 Å². The summed E-state index contributed by atoms with van der Waals surface area (Å²) in [7, 11) is 0. The highest BCUT2D eigenvalue weighted by Crippen LogP contribution is 2.24. The summed E-state index contributed by atoms with van der Waals surface area (Å²) in [6.45, 7) is 6.16. The van der Waals surface area contributed by atoms with Gasteiger partial charge < -0.3 is 15.7 Å². The van der Waals surface area contributed by atoms with Crippen molar-refractivity contribution >= 4 is 27.6 Å². The number of urea groups is 1. The number of hydrogen-bond acceptors (Lipinski definition) is 2. The Balaban J connectivity index is 2.58. The number of benzene rings is 1. The lowest BCUT2D eigenvalue weighted by Gasteiger charge is -2.15. The maximum atomic E-state index is 11.8. The summed E-state index contributed by atoms with van der Waals surface area (Å²) in [5.41, 5.74) is 2.80. The first-order valence-corrected chi connectivity index (χ1v) is 7.23. The predicted molar refractivity (Wildman–Crippen MR) is 81.6 cm³/mol. The first-order chi connectivity index (χ1) is 8.93. The summed E-state index contributed by atoms with van der Waals surface area (Å²) in [5, 5.41) is 15.1. The summed E-state index contributed by atoms with van der Waals surface area (Å²) in [4.78, 5) is 11.8. The van der Waals surface area contributed by atoms with Crippen LogP contribution in [0.4, 0.5) is 10.5 Å². The third-order valence-corrected chi connectivity index (χ3v) is 3.31. The van der Waals surface area contributed by atoms with E-state index in [2.05, 4.69) is 26.6 Å². The van der Waals surface area contributed by atoms with Gasteiger partial charge in [0, 0.05) is 16.7 Å². The molecular weight excluding hydrogens is 308 g/mol. The Morgan fingerprint density at radius 2 is 1.95 bits per heavy atom. The molecule has 0 spiro atoms. The minimum atomic E-state index is -0.483. The van der Waals surface area contributed by atoms with Crippen LogP contribution >= 0.6 is 15.9 Å². The number of carbonyl (C=O) groups is 1. The number of aryl methyl sites for hydroxylation is 2. The number of hydrogen-bond donors (Lipinski definition) is 3. The van der Waals surface area contributed by atoms with E-state index in [1.54, 1.807) is 0 Å². The van der Waals surface area contributed by atoms with E-state index in [1.807, 2.05) is 32.9 Å². The number of anilines is 1. The van der Waals surface area contributed by atoms with Crippen LogP contribution in [-0.2, 0) is 0 Å². The molecule has 19 heavy (non-hydrogen) atoms. The van der Waals surface area contributed by atoms with Crippen molar-refractivity contribution in [3.8, 4) is 0 Å². The topological polar surface area (TPSA) is 61.4 Å². The zero-order valence-corrected chi connectivity index (χ0v) is 13.2. The molecule has 1 rings (SSSR count). The number of aliphatic hydroxyl groups is 1. The first-order valence-electron chi connectivity index (χ1n) is 6.43. The standard InChI is InChI=1S/C14H21BrN2O2/c1-4-5-12(18)8-16-14(19)17-13-9(2)6-11(15)7-10(13)3/h6-7,12,18H,4-5,8H2,1-3H3,(H2,16,17,19). The Kier molecular flexibility index (Phi) is 6.31. The molecule has 1 atom stereocenters. The molecule has 0 aliphatic carbocycles. The fourth-order valence-electron chi connectivity index (χ4n) is 1.91. The predicted octanol–water partition coefficient (Wildman–Crippen LogP) is 3.35. The average molecular weight is 329 g/mol. The van der Waals surface area contributed by atoms with Crippen LogP contribution in [-0.4, -0.2) is 23.8 Å². The monoisotopic (exact) mass is 328 g/mol. The number of aliphatic hydroxyl groups excluding tert-OH is 1. The van der Waals surface area contributed by atoms with E-state index < -0.39 is 6.10 Å². The summed E-state index contributed by atoms with van der Waals surface area (Å²) >= 11 is 3.42. The van der Waals surface area contributed by atoms with Crippen LogP contribution in [0.5, 0.6) is 0 Å². The Morgan fingerprint density at radius 3 is 2.47 bits per heavy atom. The minimum absolute atomic E-state index is 0.272. The van der Waals surface area contributed by atoms with Crippen molar-refractivity contribution < 1.29 is 9.90 Å². The average Bonchev–Trinajstić information content (AvgIpc) is 2.31. The zero-order chi connectivity index (χ0) is 14.4. The molecule has 1 aromatic rings. The molecule has 0 saturated heterocycles. The molecule has 0 heterocycles. The summed E-state index contributed by atoms with van der Waals surface area (Å²) in [5.74, 6) is 0. The lowest BCUT2D eigenvalue weighted by Crippen LogP contribution is -2.35. The molecule has 1 unspecified atom stereocenters. The molecule has 0 radical (unpaired) electrons. The van der Waals surface area contributed by atoms with Crippen LogP contribution in [0.2, 0.25) is 0 Å². The number of halogens is 1. The largest absolute Gasteiger partial charge is 0.391 e. The second kappa shape index (κ2) is 7.50. The fraction of sp³-hybridized carbons (Fsp3) is 0.500. The van der Waals surface area contributed by atoms with Crippen molar-refractivity contribution in [2.75, 3.05) is 11.9 Å². The van der Waals surface area contributed by atoms with Crippen LogP contribution in [0, 0.1) is 13.8 Å². The molecule has 0 fully saturated rings. The van der Waals surface area contributed by atoms with E-state index in [0.29, 0.717) is 6.42 Å². The Hall–Kier alpha value is -1.07. The number of amides is 2. The quantitative estimate of drug-likeness (QED) is 0.776. The van der Waals surface area contributed by atoms with Gasteiger partial charge >= 0.3 is 6.03 Å². The lowest BCUT2D eigenvalue weighted by atomic mass is 10.1. The van der Waals surface area contributed by atoms with Crippen molar-refractivity contribution in [1.29, 1.82) is 0 Å². The molecule has 106 valence electrons. The molecule has 1 aromatic carbocycles. The van der Waals surface area contributed by atoms with Gasteiger partial charge in [-0.15, -0.1) is 0 Å². The van der Waals surface area contributed by atoms with Gasteiger partial charge in [-0.05, 0) is 43.5 Å². The second-order valence-electron chi connectivity index (χ2n) is 4.69. The van der Waals surface area contributed by atoms with Gasteiger partial charge in [0.2, 0.25) is 0 Å². The molecule has 3 N–H and O–H groups in total. The molecule has 0 aliphatic heterocycles. The highest BCUT2D eigenvalue weighted by atomic mass is 79.9. The highest BCUT2D eigenvalue weighted by Gasteiger charge is 2.09. The Labute approximate surface area is 122 Å². The van der Waals surface area contributed by atoms with Gasteiger partial charge in [-0.2, -0.15) is 0 Å². The summed E-state index contributed by atoms with van der Waals surface area (Å²) in [6, 6.07) is 3.62. The molecule has 4 nitrogen and oxygen atoms in total. The van der Waals surface area contributed by atoms with Gasteiger partial charge in [0.05, 0.1) is 6.10 Å². The molecular formula is C14H21BrN2O2. The molecule has 0 saturated carbocycles. The second-order valence-corrected chi connectivity index (χ2v) is 5.61. The first kappa shape index (κ1) is 16.0. The van der Waals surface area contributed by atoms with Gasteiger partial charge in [0.15, 0.2) is 0 Å². The van der Waals surface area contributed by atoms with E-state index in [0.717, 1.165) is 27.7 Å². The van der Waals surface area contributed by atoms with Gasteiger partial charge in [0.1, 0.15) is 0 Å². The van der Waals surface area contributed by atoms with Crippen molar-refractivity contribution in [2.45, 2.75) is 39.7 Å². The minimum Gasteiger partial charge on any atom is -0.391 e. The van der Waals surface area contributed by atoms with Gasteiger partial charge in [-0.3, -0.25) is 0 Å². The third-order valence-electron chi connectivity index (χ3n) is 2.86. The Morgan fingerprint density at radius 1 is 1.37 bits per heavy atom. The Bertz CT molecular complexity index is 426. The van der Waals surface area contributed by atoms with Crippen LogP contribution in [0.1, 0.15) is 30.9 Å². The zero-order valence-electron chi connectivity index (χ0n) is 11.6. The van der Waals surface area contributed by atoms with Crippen LogP contribution in [0.15, 0.2) is 16.6 Å². The smallest absolute Gasteiger partial charge is 0.319 e. The molecule has 0 bridgehead atoms. The summed E-state index contributed by atoms with van der Waals surface area (Å²) < 4.78 is 0.992. The van der Waals surface area contributed by atoms with Crippen molar-refractivity contribution in [2.24, 2.45) is 0 Å². The van der Waals surface area contributed by atoms with E-state index in [-0.39, 0.29) is 12.6 Å². The SMILES string of the molecule is CCCC(O)CNC(=O)Nc1c(C)cc(Br)cc1C. The molecule has 5 heteroatoms. The van der Waals surface area contributed by atoms with Gasteiger partial charge in [-0.1, -0.05) is 29.3 Å². The fourth-order valence-corrected chi connectivity index (χ4v) is 2.60. The molecule has 0 aromatic heterocycles. The van der Waals surface area contributed by atoms with Crippen molar-refractivity contribution in [1.82, 2.24) is 5.32 Å². The maximum Gasteiger partial charge on any atom is 0.319 e. The lowest BCUT2D eigenvalue weighted by molar-refractivity contribution is 0.162. The van der Waals surface area contributed by atoms with E-state index >= 15 is 0 Å². The van der Waals surface area contributed by atoms with E-state index in [4.69, 9.17) is 0 Å². The molecule has 2 amide bonds. The number of rotatable bonds is 5. The number of nitrogens with one attached hydrogen (secondary N) is 2. The van der Waals surface area contributed by atoms with Gasteiger partial charge in [-0.25, -0.2) is 4.79 Å².